The Labute approximate surface area is 80.7 Å². The highest BCUT2D eigenvalue weighted by molar-refractivity contribution is 5.79. The van der Waals surface area contributed by atoms with Gasteiger partial charge in [-0.3, -0.25) is 0 Å². The van der Waals surface area contributed by atoms with Gasteiger partial charge in [0.2, 0.25) is 0 Å². The van der Waals surface area contributed by atoms with Crippen LogP contribution in [-0.2, 0) is 4.79 Å². The van der Waals surface area contributed by atoms with Crippen LogP contribution in [0.2, 0.25) is 0 Å². The maximum Gasteiger partial charge on any atom is 0.328 e. The molecule has 0 saturated heterocycles. The minimum atomic E-state index is -1.10. The van der Waals surface area contributed by atoms with Crippen molar-refractivity contribution in [3.63, 3.8) is 0 Å². The lowest BCUT2D eigenvalue weighted by Gasteiger charge is -2.06. The van der Waals surface area contributed by atoms with Crippen LogP contribution in [0.25, 0.3) is 0 Å². The van der Waals surface area contributed by atoms with Crippen molar-refractivity contribution in [2.75, 3.05) is 0 Å². The molecular weight excluding hydrogens is 185 g/mol. The number of carboxylic acids is 1. The number of hydrogen-bond donors (Lipinski definition) is 2. The fourth-order valence-electron chi connectivity index (χ4n) is 1.04. The maximum atomic E-state index is 13.1. The number of hydrogen-bond acceptors (Lipinski definition) is 2. The van der Waals surface area contributed by atoms with Crippen LogP contribution in [-0.4, -0.2) is 11.1 Å². The summed E-state index contributed by atoms with van der Waals surface area (Å²) in [6.07, 6.45) is 2.14. The largest absolute Gasteiger partial charge is 0.478 e. The fraction of sp³-hybridized carbons (Fsp3) is 0.100. The first-order valence-electron chi connectivity index (χ1n) is 4.02. The van der Waals surface area contributed by atoms with Gasteiger partial charge in [-0.05, 0) is 6.07 Å². The van der Waals surface area contributed by atoms with E-state index in [1.165, 1.54) is 18.2 Å². The zero-order valence-corrected chi connectivity index (χ0v) is 7.35. The zero-order chi connectivity index (χ0) is 10.6. The van der Waals surface area contributed by atoms with Crippen molar-refractivity contribution >= 4 is 5.97 Å². The third kappa shape index (κ3) is 2.67. The van der Waals surface area contributed by atoms with Gasteiger partial charge >= 0.3 is 5.97 Å². The number of rotatable bonds is 3. The standard InChI is InChI=1S/C10H10FNO2/c11-8-4-2-1-3-7(8)9(12)5-6-10(13)14/h1-6,9H,12H2,(H,13,14)/b6-5+. The minimum absolute atomic E-state index is 0.282. The number of carboxylic acid groups (broad SMARTS) is 1. The molecule has 0 aliphatic heterocycles. The first-order valence-corrected chi connectivity index (χ1v) is 4.02. The molecule has 3 N–H and O–H groups in total. The molecule has 1 rings (SSSR count). The van der Waals surface area contributed by atoms with E-state index in [0.29, 0.717) is 0 Å². The van der Waals surface area contributed by atoms with Crippen LogP contribution in [0.15, 0.2) is 36.4 Å². The summed E-state index contributed by atoms with van der Waals surface area (Å²) in [5, 5.41) is 8.34. The van der Waals surface area contributed by atoms with Gasteiger partial charge in [0.1, 0.15) is 5.82 Å². The molecular formula is C10H10FNO2. The van der Waals surface area contributed by atoms with Crippen molar-refractivity contribution in [2.24, 2.45) is 5.73 Å². The molecule has 0 saturated carbocycles. The van der Waals surface area contributed by atoms with Crippen LogP contribution in [0.3, 0.4) is 0 Å². The lowest BCUT2D eigenvalue weighted by molar-refractivity contribution is -0.131. The quantitative estimate of drug-likeness (QED) is 0.718. The van der Waals surface area contributed by atoms with E-state index in [1.54, 1.807) is 12.1 Å². The topological polar surface area (TPSA) is 63.3 Å². The second-order valence-corrected chi connectivity index (χ2v) is 2.74. The zero-order valence-electron chi connectivity index (χ0n) is 7.35. The summed E-state index contributed by atoms with van der Waals surface area (Å²) in [5.74, 6) is -1.54. The molecule has 1 aromatic rings. The van der Waals surface area contributed by atoms with Gasteiger partial charge in [0, 0.05) is 11.6 Å². The normalized spacial score (nSPS) is 13.0. The van der Waals surface area contributed by atoms with Crippen molar-refractivity contribution in [3.8, 4) is 0 Å². The number of aliphatic carboxylic acids is 1. The molecule has 0 spiro atoms. The Morgan fingerprint density at radius 2 is 2.14 bits per heavy atom. The van der Waals surface area contributed by atoms with E-state index in [4.69, 9.17) is 10.8 Å². The Bertz CT molecular complexity index is 363. The van der Waals surface area contributed by atoms with Crippen LogP contribution in [0, 0.1) is 5.82 Å². The average Bonchev–Trinajstić information content (AvgIpc) is 2.15. The van der Waals surface area contributed by atoms with Gasteiger partial charge in [0.25, 0.3) is 0 Å². The molecule has 0 aliphatic carbocycles. The van der Waals surface area contributed by atoms with Crippen molar-refractivity contribution in [3.05, 3.63) is 47.8 Å². The van der Waals surface area contributed by atoms with E-state index in [0.717, 1.165) is 6.08 Å². The summed E-state index contributed by atoms with van der Waals surface area (Å²) >= 11 is 0. The van der Waals surface area contributed by atoms with Crippen LogP contribution in [0.1, 0.15) is 11.6 Å². The molecule has 1 atom stereocenters. The Morgan fingerprint density at radius 1 is 1.50 bits per heavy atom. The average molecular weight is 195 g/mol. The van der Waals surface area contributed by atoms with Crippen LogP contribution < -0.4 is 5.73 Å². The second kappa shape index (κ2) is 4.53. The fourth-order valence-corrected chi connectivity index (χ4v) is 1.04. The predicted octanol–water partition coefficient (Wildman–Crippen LogP) is 1.47. The van der Waals surface area contributed by atoms with E-state index in [1.807, 2.05) is 0 Å². The summed E-state index contributed by atoms with van der Waals surface area (Å²) in [7, 11) is 0. The summed E-state index contributed by atoms with van der Waals surface area (Å²) in [5.41, 5.74) is 5.84. The third-order valence-corrected chi connectivity index (χ3v) is 1.71. The lowest BCUT2D eigenvalue weighted by Crippen LogP contribution is -2.09. The molecule has 74 valence electrons. The number of benzene rings is 1. The Hall–Kier alpha value is -1.68. The van der Waals surface area contributed by atoms with Gasteiger partial charge in [-0.15, -0.1) is 0 Å². The molecule has 0 aromatic heterocycles. The summed E-state index contributed by atoms with van der Waals surface area (Å²) in [4.78, 5) is 10.2. The van der Waals surface area contributed by atoms with E-state index in [2.05, 4.69) is 0 Å². The first kappa shape index (κ1) is 10.4. The Balaban J connectivity index is 2.84. The van der Waals surface area contributed by atoms with Crippen LogP contribution >= 0.6 is 0 Å². The highest BCUT2D eigenvalue weighted by Gasteiger charge is 2.07. The van der Waals surface area contributed by atoms with Gasteiger partial charge in [-0.1, -0.05) is 24.3 Å². The van der Waals surface area contributed by atoms with E-state index in [-0.39, 0.29) is 5.56 Å². The number of halogens is 1. The molecule has 0 heterocycles. The molecule has 14 heavy (non-hydrogen) atoms. The van der Waals surface area contributed by atoms with Crippen molar-refractivity contribution in [1.29, 1.82) is 0 Å². The lowest BCUT2D eigenvalue weighted by atomic mass is 10.1. The van der Waals surface area contributed by atoms with Gasteiger partial charge in [0.05, 0.1) is 6.04 Å². The highest BCUT2D eigenvalue weighted by Crippen LogP contribution is 2.15. The third-order valence-electron chi connectivity index (χ3n) is 1.71. The Kier molecular flexibility index (Phi) is 3.36. The monoisotopic (exact) mass is 195 g/mol. The number of nitrogens with two attached hydrogens (primary N) is 1. The smallest absolute Gasteiger partial charge is 0.328 e. The van der Waals surface area contributed by atoms with E-state index in [9.17, 15) is 9.18 Å². The minimum Gasteiger partial charge on any atom is -0.478 e. The van der Waals surface area contributed by atoms with Crippen molar-refractivity contribution < 1.29 is 14.3 Å². The first-order chi connectivity index (χ1) is 6.61. The Morgan fingerprint density at radius 3 is 2.71 bits per heavy atom. The van der Waals surface area contributed by atoms with Gasteiger partial charge in [-0.2, -0.15) is 0 Å². The maximum absolute atomic E-state index is 13.1. The summed E-state index contributed by atoms with van der Waals surface area (Å²) in [6, 6.07) is 5.27. The predicted molar refractivity (Wildman–Crippen MR) is 50.1 cm³/mol. The van der Waals surface area contributed by atoms with Crippen LogP contribution in [0.4, 0.5) is 4.39 Å². The molecule has 1 aromatic carbocycles. The molecule has 0 bridgehead atoms. The van der Waals surface area contributed by atoms with Crippen LogP contribution in [0.5, 0.6) is 0 Å². The molecule has 3 nitrogen and oxygen atoms in total. The SMILES string of the molecule is NC(/C=C/C(=O)O)c1ccccc1F. The summed E-state index contributed by atoms with van der Waals surface area (Å²) in [6.45, 7) is 0. The molecule has 0 amide bonds. The van der Waals surface area contributed by atoms with Crippen molar-refractivity contribution in [2.45, 2.75) is 6.04 Å². The molecule has 4 heteroatoms. The number of carbonyl (C=O) groups is 1. The molecule has 0 aliphatic rings. The van der Waals surface area contributed by atoms with Gasteiger partial charge < -0.3 is 10.8 Å². The summed E-state index contributed by atoms with van der Waals surface area (Å²) < 4.78 is 13.1. The second-order valence-electron chi connectivity index (χ2n) is 2.74. The molecule has 0 fully saturated rings. The molecule has 1 unspecified atom stereocenters. The van der Waals surface area contributed by atoms with E-state index < -0.39 is 17.8 Å². The van der Waals surface area contributed by atoms with Gasteiger partial charge in [-0.25, -0.2) is 9.18 Å². The van der Waals surface area contributed by atoms with E-state index >= 15 is 0 Å². The van der Waals surface area contributed by atoms with Gasteiger partial charge in [0.15, 0.2) is 0 Å². The van der Waals surface area contributed by atoms with Crippen molar-refractivity contribution in [1.82, 2.24) is 0 Å². The highest BCUT2D eigenvalue weighted by atomic mass is 19.1. The molecule has 0 radical (unpaired) electrons.